The third-order valence-corrected chi connectivity index (χ3v) is 14.3. The van der Waals surface area contributed by atoms with E-state index in [1.54, 1.807) is 51.0 Å². The van der Waals surface area contributed by atoms with Crippen LogP contribution in [0.4, 0.5) is 22.7 Å². The number of para-hydroxylation sites is 2. The normalized spacial score (nSPS) is 15.1. The predicted octanol–water partition coefficient (Wildman–Crippen LogP) is 8.70. The fraction of sp³-hybridized carbons (Fsp3) is 0.327. The lowest BCUT2D eigenvalue weighted by Crippen LogP contribution is -2.49. The first-order valence-corrected chi connectivity index (χ1v) is 23.5. The zero-order chi connectivity index (χ0) is 45.9. The topological polar surface area (TPSA) is 190 Å². The summed E-state index contributed by atoms with van der Waals surface area (Å²) in [6, 6.07) is 25.6. The number of piperazine rings is 2. The van der Waals surface area contributed by atoms with Gasteiger partial charge in [-0.25, -0.2) is 0 Å². The van der Waals surface area contributed by atoms with Crippen LogP contribution in [-0.4, -0.2) is 97.9 Å². The molecule has 5 aromatic heterocycles. The lowest BCUT2D eigenvalue weighted by Gasteiger charge is -2.36. The molecule has 3 fully saturated rings. The van der Waals surface area contributed by atoms with E-state index in [4.69, 9.17) is 0 Å². The van der Waals surface area contributed by atoms with E-state index in [2.05, 4.69) is 4.98 Å². The Bertz CT molecular complexity index is 3050. The van der Waals surface area contributed by atoms with Gasteiger partial charge in [0.15, 0.2) is 0 Å². The van der Waals surface area contributed by atoms with Gasteiger partial charge in [-0.15, -0.1) is 22.7 Å². The van der Waals surface area contributed by atoms with Crippen molar-refractivity contribution in [2.45, 2.75) is 53.1 Å². The summed E-state index contributed by atoms with van der Waals surface area (Å²) >= 11 is 2.80. The minimum atomic E-state index is -0.646. The number of aromatic nitrogens is 3. The Hall–Kier alpha value is -7.25. The van der Waals surface area contributed by atoms with Crippen molar-refractivity contribution in [1.82, 2.24) is 23.9 Å². The lowest BCUT2D eigenvalue weighted by molar-refractivity contribution is -0.385. The number of hydrogen-bond donors (Lipinski definition) is 0. The third kappa shape index (κ3) is 9.48. The predicted molar refractivity (Wildman–Crippen MR) is 269 cm³/mol. The molecule has 2 aromatic carbocycles. The quantitative estimate of drug-likeness (QED) is 0.0994. The molecule has 354 valence electrons. The summed E-state index contributed by atoms with van der Waals surface area (Å²) in [5, 5.41) is 29.4. The van der Waals surface area contributed by atoms with E-state index in [-0.39, 0.29) is 44.9 Å². The Morgan fingerprint density at radius 3 is 1.53 bits per heavy atom. The van der Waals surface area contributed by atoms with E-state index < -0.39 is 26.7 Å². The number of carbonyl (C=O) groups excluding carboxylic acids is 2. The van der Waals surface area contributed by atoms with Crippen molar-refractivity contribution in [1.29, 1.82) is 0 Å². The van der Waals surface area contributed by atoms with Crippen LogP contribution in [0.1, 0.15) is 71.5 Å². The minimum absolute atomic E-state index is 0. The van der Waals surface area contributed by atoms with Crippen LogP contribution in [0.5, 0.6) is 0 Å². The molecule has 3 aliphatic rings. The Kier molecular flexibility index (Phi) is 15.1. The van der Waals surface area contributed by atoms with E-state index in [9.17, 15) is 39.4 Å². The highest BCUT2D eigenvalue weighted by molar-refractivity contribution is 7.12. The number of rotatable bonds is 9. The molecule has 0 atom stereocenters. The second kappa shape index (κ2) is 21.1. The number of fused-ring (bicyclic) bond motifs is 2. The molecule has 10 rings (SSSR count). The lowest BCUT2D eigenvalue weighted by atomic mass is 10.1. The number of carbonyl (C=O) groups is 2. The molecular formula is C49H53N9O8S2. The second-order valence-corrected chi connectivity index (χ2v) is 18.2. The van der Waals surface area contributed by atoms with Gasteiger partial charge in [0.25, 0.3) is 11.8 Å². The summed E-state index contributed by atoms with van der Waals surface area (Å²) in [6.45, 7) is 3.62. The Labute approximate surface area is 400 Å². The van der Waals surface area contributed by atoms with Gasteiger partial charge in [0, 0.05) is 81.6 Å². The van der Waals surface area contributed by atoms with E-state index in [0.29, 0.717) is 84.4 Å². The second-order valence-electron chi connectivity index (χ2n) is 16.3. The average Bonchev–Trinajstić information content (AvgIpc) is 4.18. The zero-order valence-corrected chi connectivity index (χ0v) is 37.4. The van der Waals surface area contributed by atoms with Crippen molar-refractivity contribution in [3.05, 3.63) is 164 Å². The van der Waals surface area contributed by atoms with Crippen LogP contribution < -0.4 is 20.9 Å². The molecule has 2 amide bonds. The van der Waals surface area contributed by atoms with E-state index in [1.165, 1.54) is 27.2 Å². The maximum atomic E-state index is 13.4. The minimum Gasteiger partial charge on any atom is -0.362 e. The monoisotopic (exact) mass is 959 g/mol. The zero-order valence-electron chi connectivity index (χ0n) is 35.8. The molecule has 0 N–H and O–H groups in total. The van der Waals surface area contributed by atoms with Gasteiger partial charge in [-0.05, 0) is 65.6 Å². The fourth-order valence-electron chi connectivity index (χ4n) is 9.41. The molecule has 7 heterocycles. The molecule has 0 spiro atoms. The van der Waals surface area contributed by atoms with Crippen LogP contribution in [0.2, 0.25) is 0 Å². The average molecular weight is 960 g/mol. The van der Waals surface area contributed by atoms with Crippen LogP contribution in [-0.2, 0) is 6.54 Å². The number of nitrogens with zero attached hydrogens (tertiary/aromatic N) is 9. The molecule has 2 aliphatic heterocycles. The maximum absolute atomic E-state index is 13.4. The van der Waals surface area contributed by atoms with Gasteiger partial charge in [-0.1, -0.05) is 76.2 Å². The number of anilines is 2. The standard InChI is InChI=1S/C24H21N5O4S.C23H24N4O4S.2CH4/c30-23(20-6-3-15-34-20)27-13-11-26(12-14-27)21-18-4-1-2-5-19(18)28(24(31)22(21)29(32)33)16-17-7-9-25-10-8-17;28-22(19-10-5-15-32-19)25-13-11-24(12-14-25)20-17-8-3-4-9-18(17)26(16-6-1-2-7-16)23(29)21(20)27(30)31;;/h1-10,15H,11-14,16H2;3-5,8-10,15-16H,1-2,6-7,11-14H2;2*1H4. The Morgan fingerprint density at radius 1 is 0.603 bits per heavy atom. The van der Waals surface area contributed by atoms with Gasteiger partial charge in [-0.2, -0.15) is 0 Å². The summed E-state index contributed by atoms with van der Waals surface area (Å²) < 4.78 is 3.10. The molecule has 17 nitrogen and oxygen atoms in total. The van der Waals surface area contributed by atoms with Crippen LogP contribution in [0.25, 0.3) is 21.8 Å². The molecule has 0 radical (unpaired) electrons. The van der Waals surface area contributed by atoms with E-state index in [0.717, 1.165) is 42.1 Å². The Balaban J connectivity index is 0.000000196. The molecule has 1 saturated carbocycles. The summed E-state index contributed by atoms with van der Waals surface area (Å²) in [6.07, 6.45) is 7.04. The van der Waals surface area contributed by atoms with Gasteiger partial charge in [-0.3, -0.25) is 53.5 Å². The van der Waals surface area contributed by atoms with Crippen molar-refractivity contribution in [2.75, 3.05) is 62.2 Å². The van der Waals surface area contributed by atoms with Crippen LogP contribution in [0.15, 0.2) is 118 Å². The van der Waals surface area contributed by atoms with Crippen molar-refractivity contribution < 1.29 is 19.4 Å². The highest BCUT2D eigenvalue weighted by Gasteiger charge is 2.35. The molecule has 19 heteroatoms. The fourth-order valence-corrected chi connectivity index (χ4v) is 10.8. The van der Waals surface area contributed by atoms with Gasteiger partial charge in [0.05, 0.1) is 37.2 Å². The highest BCUT2D eigenvalue weighted by Crippen LogP contribution is 2.39. The van der Waals surface area contributed by atoms with Gasteiger partial charge in [0.2, 0.25) is 0 Å². The Morgan fingerprint density at radius 2 is 1.06 bits per heavy atom. The SMILES string of the molecule is C.C.O=C(c1cccs1)N1CCN(c2c([N+](=O)[O-])c(=O)n(C3CCCC3)c3ccccc23)CC1.O=C(c1cccs1)N1CCN(c2c([N+](=O)[O-])c(=O)n(Cc3ccncc3)c3ccccc23)CC1. The largest absolute Gasteiger partial charge is 0.362 e. The van der Waals surface area contributed by atoms with Crippen molar-refractivity contribution in [3.63, 3.8) is 0 Å². The first kappa shape index (κ1) is 48.7. The molecule has 0 bridgehead atoms. The van der Waals surface area contributed by atoms with Crippen LogP contribution in [0, 0.1) is 20.2 Å². The summed E-state index contributed by atoms with van der Waals surface area (Å²) in [5.74, 6) is -0.0579. The molecule has 2 saturated heterocycles. The number of thiophene rings is 2. The molecule has 1 aliphatic carbocycles. The number of pyridine rings is 3. The third-order valence-electron chi connectivity index (χ3n) is 12.6. The smallest absolute Gasteiger partial charge is 0.357 e. The van der Waals surface area contributed by atoms with Crippen LogP contribution >= 0.6 is 22.7 Å². The molecular weight excluding hydrogens is 907 g/mol. The van der Waals surface area contributed by atoms with E-state index >= 15 is 0 Å². The molecule has 7 aromatic rings. The number of amides is 2. The summed E-state index contributed by atoms with van der Waals surface area (Å²) in [4.78, 5) is 88.1. The maximum Gasteiger partial charge on any atom is 0.357 e. The number of benzene rings is 2. The van der Waals surface area contributed by atoms with Gasteiger partial charge in [0.1, 0.15) is 11.4 Å². The molecule has 0 unspecified atom stereocenters. The highest BCUT2D eigenvalue weighted by atomic mass is 32.1. The van der Waals surface area contributed by atoms with Crippen molar-refractivity contribution in [3.8, 4) is 0 Å². The van der Waals surface area contributed by atoms with E-state index in [1.807, 2.05) is 81.2 Å². The first-order valence-electron chi connectivity index (χ1n) is 21.8. The number of hydrogen-bond acceptors (Lipinski definition) is 13. The molecule has 68 heavy (non-hydrogen) atoms. The first-order chi connectivity index (χ1) is 32.1. The van der Waals surface area contributed by atoms with Crippen molar-refractivity contribution >= 4 is 79.0 Å². The summed E-state index contributed by atoms with van der Waals surface area (Å²) in [5.41, 5.74) is 0.946. The van der Waals surface area contributed by atoms with Gasteiger partial charge >= 0.3 is 22.5 Å². The summed E-state index contributed by atoms with van der Waals surface area (Å²) in [7, 11) is 0. The van der Waals surface area contributed by atoms with Crippen LogP contribution in [0.3, 0.4) is 0 Å². The number of nitro groups is 2. The van der Waals surface area contributed by atoms with Crippen molar-refractivity contribution in [2.24, 2.45) is 0 Å². The van der Waals surface area contributed by atoms with Gasteiger partial charge < -0.3 is 19.6 Å².